The molecule has 0 amide bonds. The molecule has 0 aliphatic heterocycles. The lowest BCUT2D eigenvalue weighted by Crippen LogP contribution is -2.01. The maximum atomic E-state index is 11.2. The highest BCUT2D eigenvalue weighted by molar-refractivity contribution is 5.87. The van der Waals surface area contributed by atoms with Gasteiger partial charge in [0.1, 0.15) is 11.5 Å². The van der Waals surface area contributed by atoms with Crippen LogP contribution in [0.2, 0.25) is 0 Å². The third kappa shape index (κ3) is 1.58. The van der Waals surface area contributed by atoms with Gasteiger partial charge in [0.15, 0.2) is 0 Å². The van der Waals surface area contributed by atoms with Gasteiger partial charge in [-0.15, -0.1) is 0 Å². The minimum atomic E-state index is -0.430. The molecule has 0 atom stereocenters. The molecule has 2 rings (SSSR count). The molecule has 1 N–H and O–H groups in total. The summed E-state index contributed by atoms with van der Waals surface area (Å²) in [5.74, 6) is 0.186. The van der Waals surface area contributed by atoms with E-state index < -0.39 is 5.97 Å². The largest absolute Gasteiger partial charge is 0.464 e. The summed E-state index contributed by atoms with van der Waals surface area (Å²) in [6.07, 6.45) is 3.16. The number of aryl methyl sites for hydroxylation is 1. The van der Waals surface area contributed by atoms with E-state index >= 15 is 0 Å². The topological polar surface area (TPSA) is 72.8 Å². The van der Waals surface area contributed by atoms with Crippen LogP contribution in [0.4, 0.5) is 0 Å². The number of imidazole rings is 1. The predicted octanol–water partition coefficient (Wildman–Crippen LogP) is 0.905. The molecule has 2 heterocycles. The van der Waals surface area contributed by atoms with E-state index in [9.17, 15) is 4.79 Å². The van der Waals surface area contributed by atoms with Crippen LogP contribution in [0.25, 0.3) is 11.4 Å². The van der Waals surface area contributed by atoms with Gasteiger partial charge in [0, 0.05) is 12.7 Å². The third-order valence-electron chi connectivity index (χ3n) is 2.47. The van der Waals surface area contributed by atoms with E-state index in [1.54, 1.807) is 10.9 Å². The first-order chi connectivity index (χ1) is 7.63. The average molecular weight is 220 g/mol. The van der Waals surface area contributed by atoms with Crippen molar-refractivity contribution in [2.24, 2.45) is 7.05 Å². The Morgan fingerprint density at radius 1 is 1.50 bits per heavy atom. The van der Waals surface area contributed by atoms with Crippen molar-refractivity contribution >= 4 is 5.97 Å². The number of carbonyl (C=O) groups is 1. The second-order valence-electron chi connectivity index (χ2n) is 3.40. The maximum Gasteiger partial charge on any atom is 0.356 e. The smallest absolute Gasteiger partial charge is 0.356 e. The lowest BCUT2D eigenvalue weighted by Gasteiger charge is -1.96. The van der Waals surface area contributed by atoms with Crippen molar-refractivity contribution in [3.05, 3.63) is 23.8 Å². The fourth-order valence-corrected chi connectivity index (χ4v) is 1.40. The number of nitrogens with zero attached hydrogens (tertiary/aromatic N) is 3. The van der Waals surface area contributed by atoms with Crippen molar-refractivity contribution < 1.29 is 9.53 Å². The Kier molecular flexibility index (Phi) is 2.47. The van der Waals surface area contributed by atoms with Gasteiger partial charge in [-0.25, -0.2) is 9.78 Å². The van der Waals surface area contributed by atoms with Gasteiger partial charge < -0.3 is 9.72 Å². The highest BCUT2D eigenvalue weighted by Crippen LogP contribution is 2.19. The summed E-state index contributed by atoms with van der Waals surface area (Å²) in [5, 5.41) is 4.11. The Hall–Kier alpha value is -2.11. The van der Waals surface area contributed by atoms with Crippen LogP contribution in [-0.2, 0) is 11.8 Å². The van der Waals surface area contributed by atoms with Crippen molar-refractivity contribution in [2.45, 2.75) is 6.92 Å². The van der Waals surface area contributed by atoms with Crippen LogP contribution in [0.3, 0.4) is 0 Å². The van der Waals surface area contributed by atoms with E-state index in [2.05, 4.69) is 19.8 Å². The van der Waals surface area contributed by atoms with E-state index in [4.69, 9.17) is 0 Å². The first kappa shape index (κ1) is 10.4. The lowest BCUT2D eigenvalue weighted by atomic mass is 10.2. The number of rotatable bonds is 2. The minimum Gasteiger partial charge on any atom is -0.464 e. The lowest BCUT2D eigenvalue weighted by molar-refractivity contribution is 0.0595. The molecule has 84 valence electrons. The van der Waals surface area contributed by atoms with E-state index in [0.29, 0.717) is 11.5 Å². The van der Waals surface area contributed by atoms with Gasteiger partial charge in [-0.2, -0.15) is 5.10 Å². The van der Waals surface area contributed by atoms with E-state index in [-0.39, 0.29) is 0 Å². The molecule has 6 heteroatoms. The summed E-state index contributed by atoms with van der Waals surface area (Å²) in [6, 6.07) is 0. The van der Waals surface area contributed by atoms with Crippen molar-refractivity contribution in [3.8, 4) is 11.4 Å². The van der Waals surface area contributed by atoms with Crippen molar-refractivity contribution in [1.82, 2.24) is 19.7 Å². The molecule has 16 heavy (non-hydrogen) atoms. The Labute approximate surface area is 92.3 Å². The number of hydrogen-bond acceptors (Lipinski definition) is 4. The fourth-order valence-electron chi connectivity index (χ4n) is 1.40. The van der Waals surface area contributed by atoms with E-state index in [1.165, 1.54) is 13.3 Å². The Morgan fingerprint density at radius 2 is 2.25 bits per heavy atom. The minimum absolute atomic E-state index is 0.334. The molecule has 6 nitrogen and oxygen atoms in total. The van der Waals surface area contributed by atoms with Crippen LogP contribution in [-0.4, -0.2) is 32.8 Å². The third-order valence-corrected chi connectivity index (χ3v) is 2.47. The van der Waals surface area contributed by atoms with Crippen LogP contribution in [0.15, 0.2) is 12.4 Å². The summed E-state index contributed by atoms with van der Waals surface area (Å²) >= 11 is 0. The Balaban J connectivity index is 2.39. The number of ether oxygens (including phenoxy) is 1. The molecule has 0 saturated heterocycles. The van der Waals surface area contributed by atoms with Crippen LogP contribution in [0.5, 0.6) is 0 Å². The average Bonchev–Trinajstić information content (AvgIpc) is 2.87. The van der Waals surface area contributed by atoms with Crippen molar-refractivity contribution in [1.29, 1.82) is 0 Å². The number of aromatic amines is 1. The van der Waals surface area contributed by atoms with Crippen LogP contribution in [0, 0.1) is 6.92 Å². The fraction of sp³-hybridized carbons (Fsp3) is 0.300. The zero-order chi connectivity index (χ0) is 11.7. The summed E-state index contributed by atoms with van der Waals surface area (Å²) in [7, 11) is 3.18. The molecule has 0 spiro atoms. The number of hydrogen-bond donors (Lipinski definition) is 1. The molecule has 0 fully saturated rings. The number of esters is 1. The molecule has 0 radical (unpaired) electrons. The molecule has 0 aliphatic carbocycles. The van der Waals surface area contributed by atoms with Crippen molar-refractivity contribution in [3.63, 3.8) is 0 Å². The van der Waals surface area contributed by atoms with E-state index in [1.807, 2.05) is 14.0 Å². The zero-order valence-electron chi connectivity index (χ0n) is 9.31. The summed E-state index contributed by atoms with van der Waals surface area (Å²) in [5.41, 5.74) is 2.18. The first-order valence-electron chi connectivity index (χ1n) is 4.75. The van der Waals surface area contributed by atoms with Gasteiger partial charge in [0.2, 0.25) is 0 Å². The zero-order valence-corrected chi connectivity index (χ0v) is 9.31. The molecule has 0 bridgehead atoms. The van der Waals surface area contributed by atoms with Gasteiger partial charge in [-0.3, -0.25) is 4.68 Å². The van der Waals surface area contributed by atoms with Gasteiger partial charge in [-0.05, 0) is 6.92 Å². The maximum absolute atomic E-state index is 11.2. The highest BCUT2D eigenvalue weighted by atomic mass is 16.5. The van der Waals surface area contributed by atoms with Gasteiger partial charge >= 0.3 is 5.97 Å². The van der Waals surface area contributed by atoms with E-state index in [0.717, 1.165) is 11.3 Å². The summed E-state index contributed by atoms with van der Waals surface area (Å²) in [6.45, 7) is 1.93. The second-order valence-corrected chi connectivity index (χ2v) is 3.40. The molecule has 2 aromatic heterocycles. The van der Waals surface area contributed by atoms with Crippen molar-refractivity contribution in [2.75, 3.05) is 7.11 Å². The molecule has 0 saturated carbocycles. The van der Waals surface area contributed by atoms with Gasteiger partial charge in [0.25, 0.3) is 0 Å². The molecule has 0 aliphatic rings. The summed E-state index contributed by atoms with van der Waals surface area (Å²) in [4.78, 5) is 18.2. The number of methoxy groups -OCH3 is 1. The highest BCUT2D eigenvalue weighted by Gasteiger charge is 2.13. The molecule has 0 aromatic carbocycles. The predicted molar refractivity (Wildman–Crippen MR) is 56.9 cm³/mol. The monoisotopic (exact) mass is 220 g/mol. The quantitative estimate of drug-likeness (QED) is 0.763. The second kappa shape index (κ2) is 3.80. The van der Waals surface area contributed by atoms with Crippen LogP contribution >= 0.6 is 0 Å². The number of H-pyrrole nitrogens is 1. The van der Waals surface area contributed by atoms with Gasteiger partial charge in [0.05, 0.1) is 25.1 Å². The standard InChI is InChI=1S/C10H12N4O2/c1-6-7(4-12-14(6)2)9-11-5-8(13-9)10(15)16-3/h4-5H,1-3H3,(H,11,13). The molecule has 0 unspecified atom stereocenters. The number of nitrogens with one attached hydrogen (secondary N) is 1. The SMILES string of the molecule is COC(=O)c1cnc(-c2cnn(C)c2C)[nH]1. The number of aromatic nitrogens is 4. The Morgan fingerprint density at radius 3 is 2.81 bits per heavy atom. The van der Waals surface area contributed by atoms with Crippen LogP contribution < -0.4 is 0 Å². The molecular weight excluding hydrogens is 208 g/mol. The summed E-state index contributed by atoms with van der Waals surface area (Å²) < 4.78 is 6.34. The normalized spacial score (nSPS) is 10.4. The number of carbonyl (C=O) groups excluding carboxylic acids is 1. The van der Waals surface area contributed by atoms with Crippen LogP contribution in [0.1, 0.15) is 16.2 Å². The molecular formula is C10H12N4O2. The molecule has 2 aromatic rings. The van der Waals surface area contributed by atoms with Gasteiger partial charge in [-0.1, -0.05) is 0 Å². The first-order valence-corrected chi connectivity index (χ1v) is 4.75. The Bertz CT molecular complexity index is 527.